The van der Waals surface area contributed by atoms with Gasteiger partial charge in [0.25, 0.3) is 0 Å². The molecule has 0 spiro atoms. The van der Waals surface area contributed by atoms with Crippen LogP contribution in [0, 0.1) is 0 Å². The normalized spacial score (nSPS) is 18.3. The lowest BCUT2D eigenvalue weighted by molar-refractivity contribution is 0.0322. The number of hydrogen-bond acceptors (Lipinski definition) is 5. The monoisotopic (exact) mass is 396 g/mol. The molecule has 2 aromatic carbocycles. The van der Waals surface area contributed by atoms with Gasteiger partial charge in [-0.3, -0.25) is 4.90 Å². The van der Waals surface area contributed by atoms with Crippen molar-refractivity contribution in [3.8, 4) is 11.5 Å². The van der Waals surface area contributed by atoms with Gasteiger partial charge < -0.3 is 19.5 Å². The minimum atomic E-state index is -0.0914. The number of hydrogen-bond donors (Lipinski definition) is 1. The first-order valence-corrected chi connectivity index (χ1v) is 10.6. The lowest BCUT2D eigenvalue weighted by Crippen LogP contribution is -2.38. The van der Waals surface area contributed by atoms with E-state index >= 15 is 0 Å². The molecule has 5 heteroatoms. The van der Waals surface area contributed by atoms with Crippen molar-refractivity contribution in [3.05, 3.63) is 59.2 Å². The summed E-state index contributed by atoms with van der Waals surface area (Å²) < 4.78 is 17.5. The van der Waals surface area contributed by atoms with E-state index in [4.69, 9.17) is 14.2 Å². The van der Waals surface area contributed by atoms with Crippen LogP contribution in [0.4, 0.5) is 0 Å². The Hall–Kier alpha value is -2.08. The third-order valence-electron chi connectivity index (χ3n) is 5.51. The molecule has 0 atom stereocenters. The highest BCUT2D eigenvalue weighted by Crippen LogP contribution is 2.35. The summed E-state index contributed by atoms with van der Waals surface area (Å²) in [7, 11) is 0. The molecule has 0 saturated carbocycles. The number of nitrogens with zero attached hydrogens (tertiary/aromatic N) is 1. The lowest BCUT2D eigenvalue weighted by Gasteiger charge is -2.26. The second-order valence-electron chi connectivity index (χ2n) is 8.49. The van der Waals surface area contributed by atoms with Crippen molar-refractivity contribution in [3.63, 3.8) is 0 Å². The van der Waals surface area contributed by atoms with Crippen LogP contribution in [0.15, 0.2) is 42.5 Å². The van der Waals surface area contributed by atoms with E-state index < -0.39 is 0 Å². The quantitative estimate of drug-likeness (QED) is 0.741. The fraction of sp³-hybridized carbons (Fsp3) is 0.500. The van der Waals surface area contributed by atoms with Crippen LogP contribution >= 0.6 is 0 Å². The summed E-state index contributed by atoms with van der Waals surface area (Å²) in [5.41, 5.74) is 3.70. The Morgan fingerprint density at radius 1 is 1.07 bits per heavy atom. The van der Waals surface area contributed by atoms with E-state index in [1.54, 1.807) is 0 Å². The fourth-order valence-corrected chi connectivity index (χ4v) is 4.01. The summed E-state index contributed by atoms with van der Waals surface area (Å²) in [4.78, 5) is 2.39. The van der Waals surface area contributed by atoms with Gasteiger partial charge in [-0.15, -0.1) is 0 Å². The fourth-order valence-electron chi connectivity index (χ4n) is 4.01. The van der Waals surface area contributed by atoms with Crippen molar-refractivity contribution in [2.75, 3.05) is 39.5 Å². The molecule has 2 aromatic rings. The largest absolute Gasteiger partial charge is 0.492 e. The number of fused-ring (bicyclic) bond motifs is 1. The Bertz CT molecular complexity index is 816. The van der Waals surface area contributed by atoms with E-state index in [1.807, 2.05) is 6.07 Å². The van der Waals surface area contributed by atoms with Crippen molar-refractivity contribution in [2.24, 2.45) is 0 Å². The molecule has 2 aliphatic rings. The average molecular weight is 397 g/mol. The van der Waals surface area contributed by atoms with Crippen LogP contribution in [-0.4, -0.2) is 50.0 Å². The molecule has 2 heterocycles. The van der Waals surface area contributed by atoms with Crippen molar-refractivity contribution in [1.29, 1.82) is 0 Å². The van der Waals surface area contributed by atoms with Crippen LogP contribution in [0.2, 0.25) is 0 Å². The second kappa shape index (κ2) is 9.16. The first-order chi connectivity index (χ1) is 14.1. The maximum absolute atomic E-state index is 6.09. The molecule has 1 saturated heterocycles. The zero-order valence-corrected chi connectivity index (χ0v) is 17.6. The molecule has 0 aromatic heterocycles. The zero-order valence-electron chi connectivity index (χ0n) is 17.6. The van der Waals surface area contributed by atoms with Gasteiger partial charge >= 0.3 is 0 Å². The van der Waals surface area contributed by atoms with Gasteiger partial charge in [0.2, 0.25) is 0 Å². The number of morpholine rings is 1. The second-order valence-corrected chi connectivity index (χ2v) is 8.49. The Balaban J connectivity index is 1.27. The number of nitrogens with one attached hydrogen (secondary N) is 1. The minimum Gasteiger partial charge on any atom is -0.492 e. The van der Waals surface area contributed by atoms with E-state index in [0.717, 1.165) is 63.9 Å². The van der Waals surface area contributed by atoms with Crippen molar-refractivity contribution < 1.29 is 14.2 Å². The van der Waals surface area contributed by atoms with Crippen LogP contribution in [0.5, 0.6) is 11.5 Å². The highest BCUT2D eigenvalue weighted by atomic mass is 16.5. The molecule has 0 amide bonds. The van der Waals surface area contributed by atoms with Gasteiger partial charge in [-0.2, -0.15) is 0 Å². The predicted octanol–water partition coefficient (Wildman–Crippen LogP) is 3.40. The van der Waals surface area contributed by atoms with Crippen LogP contribution in [0.25, 0.3) is 0 Å². The van der Waals surface area contributed by atoms with E-state index in [1.165, 1.54) is 16.7 Å². The maximum atomic E-state index is 6.09. The molecule has 0 unspecified atom stereocenters. The molecule has 2 aliphatic heterocycles. The van der Waals surface area contributed by atoms with E-state index in [0.29, 0.717) is 6.61 Å². The summed E-state index contributed by atoms with van der Waals surface area (Å²) in [5, 5.41) is 3.56. The van der Waals surface area contributed by atoms with E-state index in [9.17, 15) is 0 Å². The Morgan fingerprint density at radius 2 is 1.90 bits per heavy atom. The topological polar surface area (TPSA) is 43.0 Å². The highest BCUT2D eigenvalue weighted by molar-refractivity contribution is 5.42. The lowest BCUT2D eigenvalue weighted by atomic mass is 10.0. The third kappa shape index (κ3) is 5.50. The third-order valence-corrected chi connectivity index (χ3v) is 5.51. The molecule has 1 fully saturated rings. The molecule has 5 nitrogen and oxygen atoms in total. The average Bonchev–Trinajstić information content (AvgIpc) is 3.03. The number of benzene rings is 2. The van der Waals surface area contributed by atoms with Crippen LogP contribution in [-0.2, 0) is 24.2 Å². The van der Waals surface area contributed by atoms with Gasteiger partial charge in [-0.25, -0.2) is 0 Å². The molecule has 0 aliphatic carbocycles. The molecule has 0 radical (unpaired) electrons. The number of para-hydroxylation sites is 1. The Kier molecular flexibility index (Phi) is 6.38. The maximum Gasteiger partial charge on any atom is 0.123 e. The van der Waals surface area contributed by atoms with Gasteiger partial charge in [0.15, 0.2) is 0 Å². The summed E-state index contributed by atoms with van der Waals surface area (Å²) in [6, 6.07) is 14.8. The summed E-state index contributed by atoms with van der Waals surface area (Å²) in [5.74, 6) is 2.00. The van der Waals surface area contributed by atoms with Gasteiger partial charge in [0.05, 0.1) is 13.2 Å². The van der Waals surface area contributed by atoms with Crippen molar-refractivity contribution in [1.82, 2.24) is 10.2 Å². The van der Waals surface area contributed by atoms with Crippen LogP contribution in [0.1, 0.15) is 30.5 Å². The molecule has 1 N–H and O–H groups in total. The Morgan fingerprint density at radius 3 is 2.76 bits per heavy atom. The highest BCUT2D eigenvalue weighted by Gasteiger charge is 2.29. The molecule has 0 bridgehead atoms. The van der Waals surface area contributed by atoms with Gasteiger partial charge in [0.1, 0.15) is 23.7 Å². The van der Waals surface area contributed by atoms with E-state index in [2.05, 4.69) is 60.5 Å². The van der Waals surface area contributed by atoms with Crippen molar-refractivity contribution in [2.45, 2.75) is 39.0 Å². The minimum absolute atomic E-state index is 0.0914. The first-order valence-electron chi connectivity index (χ1n) is 10.6. The van der Waals surface area contributed by atoms with E-state index in [-0.39, 0.29) is 5.60 Å². The molecular formula is C24H32N2O3. The van der Waals surface area contributed by atoms with Crippen LogP contribution in [0.3, 0.4) is 0 Å². The summed E-state index contributed by atoms with van der Waals surface area (Å²) >= 11 is 0. The van der Waals surface area contributed by atoms with Gasteiger partial charge in [-0.1, -0.05) is 30.3 Å². The standard InChI is InChI=1S/C24H32N2O3/c1-24(2)16-21-15-19(7-8-23(21)29-24)17-25-18-20-5-3-4-6-22(20)28-14-11-26-9-12-27-13-10-26/h3-8,15,25H,9-14,16-18H2,1-2H3. The molecule has 4 rings (SSSR count). The Labute approximate surface area is 174 Å². The van der Waals surface area contributed by atoms with Gasteiger partial charge in [0, 0.05) is 44.7 Å². The predicted molar refractivity (Wildman–Crippen MR) is 115 cm³/mol. The zero-order chi connectivity index (χ0) is 20.1. The number of ether oxygens (including phenoxy) is 3. The molecule has 156 valence electrons. The summed E-state index contributed by atoms with van der Waals surface area (Å²) in [6.07, 6.45) is 0.968. The van der Waals surface area contributed by atoms with Crippen molar-refractivity contribution >= 4 is 0 Å². The molecule has 29 heavy (non-hydrogen) atoms. The molecular weight excluding hydrogens is 364 g/mol. The van der Waals surface area contributed by atoms with Gasteiger partial charge in [-0.05, 0) is 37.1 Å². The smallest absolute Gasteiger partial charge is 0.123 e. The summed E-state index contributed by atoms with van der Waals surface area (Å²) in [6.45, 7) is 11.2. The number of rotatable bonds is 8. The SMILES string of the molecule is CC1(C)Cc2cc(CNCc3ccccc3OCCN3CCOCC3)ccc2O1. The van der Waals surface area contributed by atoms with Crippen LogP contribution < -0.4 is 14.8 Å². The first kappa shape index (κ1) is 20.2.